The van der Waals surface area contributed by atoms with Crippen LogP contribution in [0.3, 0.4) is 0 Å². The van der Waals surface area contributed by atoms with Gasteiger partial charge in [0, 0.05) is 12.2 Å². The molecular weight excluding hydrogens is 222 g/mol. The fraction of sp³-hybridized carbons (Fsp3) is 0.625. The van der Waals surface area contributed by atoms with Gasteiger partial charge in [0.2, 0.25) is 0 Å². The number of rotatable bonds is 3. The fourth-order valence-electron chi connectivity index (χ4n) is 3.61. The Morgan fingerprint density at radius 3 is 2.72 bits per heavy atom. The predicted molar refractivity (Wildman–Crippen MR) is 74.9 cm³/mol. The van der Waals surface area contributed by atoms with Gasteiger partial charge in [-0.3, -0.25) is 0 Å². The molecule has 0 bridgehead atoms. The van der Waals surface area contributed by atoms with E-state index in [1.165, 1.54) is 36.9 Å². The third-order valence-electron chi connectivity index (χ3n) is 4.62. The lowest BCUT2D eigenvalue weighted by Crippen LogP contribution is -2.42. The lowest BCUT2D eigenvalue weighted by molar-refractivity contribution is 0.160. The van der Waals surface area contributed by atoms with Crippen LogP contribution < -0.4 is 4.90 Å². The van der Waals surface area contributed by atoms with Crippen LogP contribution in [-0.4, -0.2) is 23.8 Å². The van der Waals surface area contributed by atoms with Gasteiger partial charge in [0.1, 0.15) is 0 Å². The first-order valence-corrected chi connectivity index (χ1v) is 7.28. The number of aliphatic hydroxyl groups excluding tert-OH is 1. The van der Waals surface area contributed by atoms with E-state index in [9.17, 15) is 5.11 Å². The van der Waals surface area contributed by atoms with Crippen LogP contribution in [0, 0.1) is 5.92 Å². The van der Waals surface area contributed by atoms with E-state index in [0.29, 0.717) is 0 Å². The number of nitrogens with zero attached hydrogens (tertiary/aromatic N) is 1. The number of aliphatic hydroxyl groups is 1. The number of fused-ring (bicyclic) bond motifs is 1. The second-order valence-corrected chi connectivity index (χ2v) is 5.94. The van der Waals surface area contributed by atoms with Crippen molar-refractivity contribution in [3.05, 3.63) is 29.8 Å². The van der Waals surface area contributed by atoms with E-state index in [1.807, 2.05) is 6.92 Å². The second kappa shape index (κ2) is 4.93. The van der Waals surface area contributed by atoms with E-state index >= 15 is 0 Å². The van der Waals surface area contributed by atoms with E-state index in [4.69, 9.17) is 0 Å². The van der Waals surface area contributed by atoms with Crippen molar-refractivity contribution in [3.8, 4) is 0 Å². The van der Waals surface area contributed by atoms with E-state index in [0.717, 1.165) is 18.9 Å². The Morgan fingerprint density at radius 2 is 2.00 bits per heavy atom. The molecule has 1 aliphatic carbocycles. The Kier molecular flexibility index (Phi) is 3.29. The molecule has 1 fully saturated rings. The summed E-state index contributed by atoms with van der Waals surface area (Å²) in [5.41, 5.74) is 2.76. The summed E-state index contributed by atoms with van der Waals surface area (Å²) in [7, 11) is 0. The SMILES string of the molecule is CC(O)C1Cc2ccccc2N1CC1CCCC1. The summed E-state index contributed by atoms with van der Waals surface area (Å²) >= 11 is 0. The van der Waals surface area contributed by atoms with Crippen LogP contribution in [0.25, 0.3) is 0 Å². The molecule has 0 aromatic heterocycles. The van der Waals surface area contributed by atoms with Crippen molar-refractivity contribution in [2.75, 3.05) is 11.4 Å². The molecule has 1 N–H and O–H groups in total. The fourth-order valence-corrected chi connectivity index (χ4v) is 3.61. The van der Waals surface area contributed by atoms with E-state index < -0.39 is 0 Å². The van der Waals surface area contributed by atoms with Crippen LogP contribution >= 0.6 is 0 Å². The summed E-state index contributed by atoms with van der Waals surface area (Å²) < 4.78 is 0. The van der Waals surface area contributed by atoms with Crippen molar-refractivity contribution >= 4 is 5.69 Å². The molecule has 2 unspecified atom stereocenters. The van der Waals surface area contributed by atoms with E-state index in [-0.39, 0.29) is 12.1 Å². The number of hydrogen-bond donors (Lipinski definition) is 1. The Hall–Kier alpha value is -1.02. The van der Waals surface area contributed by atoms with Crippen LogP contribution in [-0.2, 0) is 6.42 Å². The van der Waals surface area contributed by atoms with Gasteiger partial charge in [-0.1, -0.05) is 31.0 Å². The zero-order valence-electron chi connectivity index (χ0n) is 11.2. The van der Waals surface area contributed by atoms with Gasteiger partial charge in [0.05, 0.1) is 12.1 Å². The minimum absolute atomic E-state index is 0.251. The van der Waals surface area contributed by atoms with Gasteiger partial charge >= 0.3 is 0 Å². The molecule has 2 aliphatic rings. The molecule has 1 heterocycles. The Labute approximate surface area is 110 Å². The largest absolute Gasteiger partial charge is 0.391 e. The molecule has 2 nitrogen and oxygen atoms in total. The quantitative estimate of drug-likeness (QED) is 0.885. The van der Waals surface area contributed by atoms with Gasteiger partial charge in [-0.2, -0.15) is 0 Å². The van der Waals surface area contributed by atoms with Crippen LogP contribution in [0.1, 0.15) is 38.2 Å². The van der Waals surface area contributed by atoms with Crippen molar-refractivity contribution in [1.82, 2.24) is 0 Å². The van der Waals surface area contributed by atoms with Crippen molar-refractivity contribution in [1.29, 1.82) is 0 Å². The highest BCUT2D eigenvalue weighted by Crippen LogP contribution is 2.36. The topological polar surface area (TPSA) is 23.5 Å². The average Bonchev–Trinajstić information content (AvgIpc) is 2.98. The van der Waals surface area contributed by atoms with Crippen LogP contribution in [0.4, 0.5) is 5.69 Å². The maximum atomic E-state index is 10.0. The minimum atomic E-state index is -0.251. The third-order valence-corrected chi connectivity index (χ3v) is 4.62. The molecule has 3 rings (SSSR count). The summed E-state index contributed by atoms with van der Waals surface area (Å²) in [6, 6.07) is 8.93. The highest BCUT2D eigenvalue weighted by atomic mass is 16.3. The summed E-state index contributed by atoms with van der Waals surface area (Å²) in [6.07, 6.45) is 6.26. The molecule has 18 heavy (non-hydrogen) atoms. The monoisotopic (exact) mass is 245 g/mol. The Morgan fingerprint density at radius 1 is 1.28 bits per heavy atom. The molecule has 2 atom stereocenters. The minimum Gasteiger partial charge on any atom is -0.391 e. The summed E-state index contributed by atoms with van der Waals surface area (Å²) in [4.78, 5) is 2.47. The number of para-hydroxylation sites is 1. The molecule has 2 heteroatoms. The maximum absolute atomic E-state index is 10.0. The Bertz CT molecular complexity index is 409. The van der Waals surface area contributed by atoms with Gasteiger partial charge in [-0.25, -0.2) is 0 Å². The standard InChI is InChI=1S/C16H23NO/c1-12(18)16-10-14-8-4-5-9-15(14)17(16)11-13-6-2-3-7-13/h4-5,8-9,12-13,16,18H,2-3,6-7,10-11H2,1H3. The van der Waals surface area contributed by atoms with Gasteiger partial charge in [-0.15, -0.1) is 0 Å². The predicted octanol–water partition coefficient (Wildman–Crippen LogP) is 2.99. The van der Waals surface area contributed by atoms with Crippen LogP contribution in [0.15, 0.2) is 24.3 Å². The van der Waals surface area contributed by atoms with Gasteiger partial charge in [0.25, 0.3) is 0 Å². The molecule has 0 amide bonds. The molecule has 98 valence electrons. The maximum Gasteiger partial charge on any atom is 0.0718 e. The molecule has 1 aromatic rings. The van der Waals surface area contributed by atoms with Crippen molar-refractivity contribution in [2.24, 2.45) is 5.92 Å². The van der Waals surface area contributed by atoms with Gasteiger partial charge in [-0.05, 0) is 43.7 Å². The molecule has 0 saturated heterocycles. The molecule has 1 aromatic carbocycles. The normalized spacial score (nSPS) is 25.4. The highest BCUT2D eigenvalue weighted by molar-refractivity contribution is 5.59. The second-order valence-electron chi connectivity index (χ2n) is 5.94. The zero-order valence-corrected chi connectivity index (χ0v) is 11.2. The summed E-state index contributed by atoms with van der Waals surface area (Å²) in [6.45, 7) is 3.06. The van der Waals surface area contributed by atoms with Crippen LogP contribution in [0.5, 0.6) is 0 Å². The molecule has 1 saturated carbocycles. The molecule has 0 radical (unpaired) electrons. The lowest BCUT2D eigenvalue weighted by Gasteiger charge is -2.31. The molecule has 1 aliphatic heterocycles. The smallest absolute Gasteiger partial charge is 0.0718 e. The number of benzene rings is 1. The number of anilines is 1. The molecule has 0 spiro atoms. The number of hydrogen-bond acceptors (Lipinski definition) is 2. The first-order chi connectivity index (χ1) is 8.75. The van der Waals surface area contributed by atoms with Crippen molar-refractivity contribution < 1.29 is 5.11 Å². The lowest BCUT2D eigenvalue weighted by atomic mass is 10.0. The zero-order chi connectivity index (χ0) is 12.5. The first-order valence-electron chi connectivity index (χ1n) is 7.28. The van der Waals surface area contributed by atoms with Crippen molar-refractivity contribution in [3.63, 3.8) is 0 Å². The van der Waals surface area contributed by atoms with E-state index in [2.05, 4.69) is 29.2 Å². The Balaban J connectivity index is 1.82. The highest BCUT2D eigenvalue weighted by Gasteiger charge is 2.33. The van der Waals surface area contributed by atoms with E-state index in [1.54, 1.807) is 0 Å². The summed E-state index contributed by atoms with van der Waals surface area (Å²) in [5.74, 6) is 0.831. The first kappa shape index (κ1) is 12.0. The average molecular weight is 245 g/mol. The third kappa shape index (κ3) is 2.14. The summed E-state index contributed by atoms with van der Waals surface area (Å²) in [5, 5.41) is 10.0. The van der Waals surface area contributed by atoms with Gasteiger partial charge < -0.3 is 10.0 Å². The molecular formula is C16H23NO. The van der Waals surface area contributed by atoms with Crippen LogP contribution in [0.2, 0.25) is 0 Å². The van der Waals surface area contributed by atoms with Gasteiger partial charge in [0.15, 0.2) is 0 Å². The van der Waals surface area contributed by atoms with Crippen molar-refractivity contribution in [2.45, 2.75) is 51.2 Å².